The number of fused-ring (bicyclic) bond motifs is 1. The summed E-state index contributed by atoms with van der Waals surface area (Å²) in [6.45, 7) is 3.45. The number of hydrogen-bond donors (Lipinski definition) is 1. The molecule has 0 radical (unpaired) electrons. The molecule has 0 saturated heterocycles. The fourth-order valence-corrected chi connectivity index (χ4v) is 2.52. The highest BCUT2D eigenvalue weighted by Crippen LogP contribution is 2.20. The van der Waals surface area contributed by atoms with E-state index >= 15 is 0 Å². The standard InChI is InChI=1S/C12H13BrN6/c1-2-18-10-6-4-3-5-8(10)9(16-18)7-19-11(13)15-12(14)17-19/h3-6H,2,7H2,1H3,(H2,14,17). The van der Waals surface area contributed by atoms with Crippen LogP contribution in [-0.4, -0.2) is 24.5 Å². The van der Waals surface area contributed by atoms with Crippen molar-refractivity contribution in [1.29, 1.82) is 0 Å². The number of hydrogen-bond acceptors (Lipinski definition) is 4. The summed E-state index contributed by atoms with van der Waals surface area (Å²) >= 11 is 3.34. The maximum absolute atomic E-state index is 5.58. The molecule has 1 aromatic carbocycles. The van der Waals surface area contributed by atoms with E-state index in [9.17, 15) is 0 Å². The largest absolute Gasteiger partial charge is 0.366 e. The summed E-state index contributed by atoms with van der Waals surface area (Å²) < 4.78 is 4.29. The van der Waals surface area contributed by atoms with Crippen LogP contribution in [0.15, 0.2) is 29.0 Å². The molecule has 0 aliphatic rings. The lowest BCUT2D eigenvalue weighted by molar-refractivity contribution is 0.620. The summed E-state index contributed by atoms with van der Waals surface area (Å²) in [4.78, 5) is 4.03. The zero-order chi connectivity index (χ0) is 13.4. The molecule has 6 nitrogen and oxygen atoms in total. The number of anilines is 1. The van der Waals surface area contributed by atoms with Gasteiger partial charge in [-0.15, -0.1) is 5.10 Å². The molecule has 0 atom stereocenters. The van der Waals surface area contributed by atoms with Gasteiger partial charge >= 0.3 is 0 Å². The minimum absolute atomic E-state index is 0.256. The van der Waals surface area contributed by atoms with Crippen molar-refractivity contribution in [2.45, 2.75) is 20.0 Å². The molecule has 0 aliphatic carbocycles. The number of rotatable bonds is 3. The van der Waals surface area contributed by atoms with Crippen LogP contribution in [0.3, 0.4) is 0 Å². The summed E-state index contributed by atoms with van der Waals surface area (Å²) in [6, 6.07) is 8.17. The number of nitrogens with two attached hydrogens (primary N) is 1. The Balaban J connectivity index is 2.08. The fourth-order valence-electron chi connectivity index (χ4n) is 2.14. The smallest absolute Gasteiger partial charge is 0.240 e. The minimum atomic E-state index is 0.256. The van der Waals surface area contributed by atoms with Gasteiger partial charge in [0.2, 0.25) is 5.95 Å². The van der Waals surface area contributed by atoms with Crippen molar-refractivity contribution in [2.24, 2.45) is 0 Å². The van der Waals surface area contributed by atoms with Crippen LogP contribution < -0.4 is 5.73 Å². The first-order valence-corrected chi connectivity index (χ1v) is 6.78. The Labute approximate surface area is 118 Å². The molecule has 2 N–H and O–H groups in total. The number of aromatic nitrogens is 5. The number of nitrogens with zero attached hydrogens (tertiary/aromatic N) is 5. The minimum Gasteiger partial charge on any atom is -0.366 e. The maximum Gasteiger partial charge on any atom is 0.240 e. The monoisotopic (exact) mass is 320 g/mol. The molecule has 0 amide bonds. The first-order valence-electron chi connectivity index (χ1n) is 5.99. The predicted octanol–water partition coefficient (Wildman–Crippen LogP) is 2.04. The topological polar surface area (TPSA) is 74.5 Å². The lowest BCUT2D eigenvalue weighted by Gasteiger charge is -1.99. The highest BCUT2D eigenvalue weighted by Gasteiger charge is 2.12. The van der Waals surface area contributed by atoms with Crippen molar-refractivity contribution in [3.05, 3.63) is 34.7 Å². The average molecular weight is 321 g/mol. The van der Waals surface area contributed by atoms with E-state index in [0.29, 0.717) is 11.3 Å². The summed E-state index contributed by atoms with van der Waals surface area (Å²) in [5.41, 5.74) is 7.67. The number of halogens is 1. The third-order valence-electron chi connectivity index (χ3n) is 2.98. The summed E-state index contributed by atoms with van der Waals surface area (Å²) in [5, 5.41) is 9.88. The molecule has 19 heavy (non-hydrogen) atoms. The molecule has 0 aliphatic heterocycles. The van der Waals surface area contributed by atoms with E-state index in [4.69, 9.17) is 5.73 Å². The summed E-state index contributed by atoms with van der Waals surface area (Å²) in [6.07, 6.45) is 0. The van der Waals surface area contributed by atoms with Crippen LogP contribution in [0.4, 0.5) is 5.95 Å². The van der Waals surface area contributed by atoms with Crippen LogP contribution >= 0.6 is 15.9 Å². The Morgan fingerprint density at radius 3 is 2.68 bits per heavy atom. The molecule has 0 unspecified atom stereocenters. The average Bonchev–Trinajstić information content (AvgIpc) is 2.91. The first-order chi connectivity index (χ1) is 9.19. The molecule has 0 saturated carbocycles. The van der Waals surface area contributed by atoms with Gasteiger partial charge in [0.15, 0.2) is 4.73 Å². The molecule has 3 aromatic rings. The van der Waals surface area contributed by atoms with E-state index in [2.05, 4.69) is 50.2 Å². The van der Waals surface area contributed by atoms with Crippen molar-refractivity contribution < 1.29 is 0 Å². The zero-order valence-corrected chi connectivity index (χ0v) is 12.0. The Morgan fingerprint density at radius 1 is 1.21 bits per heavy atom. The quantitative estimate of drug-likeness (QED) is 0.801. The molecule has 3 rings (SSSR count). The van der Waals surface area contributed by atoms with Crippen molar-refractivity contribution in [3.63, 3.8) is 0 Å². The van der Waals surface area contributed by atoms with Crippen LogP contribution in [0.25, 0.3) is 10.9 Å². The van der Waals surface area contributed by atoms with E-state index in [-0.39, 0.29) is 5.95 Å². The molecule has 2 aromatic heterocycles. The lowest BCUT2D eigenvalue weighted by atomic mass is 10.2. The number of aryl methyl sites for hydroxylation is 1. The molecule has 0 spiro atoms. The number of nitrogen functional groups attached to an aromatic ring is 1. The maximum atomic E-state index is 5.58. The zero-order valence-electron chi connectivity index (χ0n) is 10.4. The SMILES string of the molecule is CCn1nc(Cn2nc(N)nc2Br)c2ccccc21. The van der Waals surface area contributed by atoms with Crippen LogP contribution in [0.5, 0.6) is 0 Å². The number of benzene rings is 1. The van der Waals surface area contributed by atoms with Gasteiger partial charge in [-0.25, -0.2) is 4.68 Å². The van der Waals surface area contributed by atoms with Crippen molar-refractivity contribution in [2.75, 3.05) is 5.73 Å². The molecule has 0 bridgehead atoms. The third kappa shape index (κ3) is 2.10. The van der Waals surface area contributed by atoms with Gasteiger partial charge in [0.25, 0.3) is 0 Å². The van der Waals surface area contributed by atoms with Crippen LogP contribution in [0.1, 0.15) is 12.6 Å². The van der Waals surface area contributed by atoms with Gasteiger partial charge < -0.3 is 5.73 Å². The van der Waals surface area contributed by atoms with E-state index in [1.807, 2.05) is 16.8 Å². The highest BCUT2D eigenvalue weighted by atomic mass is 79.9. The molecular weight excluding hydrogens is 308 g/mol. The molecule has 7 heteroatoms. The normalized spacial score (nSPS) is 11.3. The van der Waals surface area contributed by atoms with Crippen LogP contribution in [-0.2, 0) is 13.1 Å². The third-order valence-corrected chi connectivity index (χ3v) is 3.56. The summed E-state index contributed by atoms with van der Waals surface area (Å²) in [5.74, 6) is 0.256. The second-order valence-electron chi connectivity index (χ2n) is 4.18. The Hall–Kier alpha value is -1.89. The highest BCUT2D eigenvalue weighted by molar-refractivity contribution is 9.10. The first kappa shape index (κ1) is 12.2. The Bertz CT molecular complexity index is 729. The lowest BCUT2D eigenvalue weighted by Crippen LogP contribution is -2.05. The van der Waals surface area contributed by atoms with Crippen LogP contribution in [0, 0.1) is 0 Å². The second kappa shape index (κ2) is 4.65. The van der Waals surface area contributed by atoms with Gasteiger partial charge in [-0.1, -0.05) is 18.2 Å². The van der Waals surface area contributed by atoms with Crippen LogP contribution in [0.2, 0.25) is 0 Å². The van der Waals surface area contributed by atoms with Crippen molar-refractivity contribution in [3.8, 4) is 0 Å². The van der Waals surface area contributed by atoms with Gasteiger partial charge in [-0.3, -0.25) is 4.68 Å². The van der Waals surface area contributed by atoms with Gasteiger partial charge in [-0.05, 0) is 28.9 Å². The Kier molecular flexibility index (Phi) is 2.98. The van der Waals surface area contributed by atoms with Crippen molar-refractivity contribution in [1.82, 2.24) is 24.5 Å². The molecule has 0 fully saturated rings. The van der Waals surface area contributed by atoms with Gasteiger partial charge in [0.05, 0.1) is 17.8 Å². The molecular formula is C12H13BrN6. The predicted molar refractivity (Wildman–Crippen MR) is 76.6 cm³/mol. The van der Waals surface area contributed by atoms with Gasteiger partial charge in [0, 0.05) is 11.9 Å². The number of para-hydroxylation sites is 1. The molecule has 2 heterocycles. The van der Waals surface area contributed by atoms with Gasteiger partial charge in [0.1, 0.15) is 0 Å². The van der Waals surface area contributed by atoms with Gasteiger partial charge in [-0.2, -0.15) is 10.1 Å². The van der Waals surface area contributed by atoms with E-state index in [1.54, 1.807) is 4.68 Å². The van der Waals surface area contributed by atoms with E-state index in [1.165, 1.54) is 0 Å². The summed E-state index contributed by atoms with van der Waals surface area (Å²) in [7, 11) is 0. The second-order valence-corrected chi connectivity index (χ2v) is 4.89. The fraction of sp³-hybridized carbons (Fsp3) is 0.250. The van der Waals surface area contributed by atoms with Crippen molar-refractivity contribution >= 4 is 32.8 Å². The van der Waals surface area contributed by atoms with E-state index < -0.39 is 0 Å². The van der Waals surface area contributed by atoms with E-state index in [0.717, 1.165) is 23.1 Å². The Morgan fingerprint density at radius 2 is 2.00 bits per heavy atom. The molecule has 98 valence electrons.